The average molecular weight is 290 g/mol. The minimum Gasteiger partial charge on any atom is -0.395 e. The minimum atomic E-state index is -4.44. The molecule has 0 saturated carbocycles. The Hall–Kier alpha value is -1.60. The molecule has 0 aliphatic rings. The predicted octanol–water partition coefficient (Wildman–Crippen LogP) is 1.96. The molecule has 1 atom stereocenters. The van der Waals surface area contributed by atoms with Crippen LogP contribution in [-0.4, -0.2) is 42.2 Å². The molecule has 20 heavy (non-hydrogen) atoms. The monoisotopic (exact) mass is 290 g/mol. The van der Waals surface area contributed by atoms with E-state index in [1.54, 1.807) is 18.9 Å². The molecule has 0 saturated heterocycles. The van der Waals surface area contributed by atoms with E-state index < -0.39 is 23.7 Å². The van der Waals surface area contributed by atoms with E-state index in [9.17, 15) is 18.0 Å². The summed E-state index contributed by atoms with van der Waals surface area (Å²) in [6.45, 7) is 1.81. The summed E-state index contributed by atoms with van der Waals surface area (Å²) in [5.41, 5.74) is -0.722. The van der Waals surface area contributed by atoms with Gasteiger partial charge in [-0.3, -0.25) is 9.69 Å². The van der Waals surface area contributed by atoms with Crippen molar-refractivity contribution in [3.63, 3.8) is 0 Å². The number of carbonyl (C=O) groups excluding carboxylic acids is 1. The second-order valence-corrected chi connectivity index (χ2v) is 4.45. The van der Waals surface area contributed by atoms with Gasteiger partial charge in [-0.05, 0) is 32.2 Å². The molecule has 112 valence electrons. The summed E-state index contributed by atoms with van der Waals surface area (Å²) in [7, 11) is 1.65. The van der Waals surface area contributed by atoms with Crippen LogP contribution >= 0.6 is 0 Å². The Morgan fingerprint density at radius 1 is 1.45 bits per heavy atom. The van der Waals surface area contributed by atoms with E-state index >= 15 is 0 Å². The summed E-state index contributed by atoms with van der Waals surface area (Å²) in [5, 5.41) is 11.2. The number of halogens is 3. The van der Waals surface area contributed by atoms with Crippen molar-refractivity contribution in [2.75, 3.05) is 25.5 Å². The zero-order valence-electron chi connectivity index (χ0n) is 11.2. The number of alkyl halides is 3. The van der Waals surface area contributed by atoms with E-state index in [0.29, 0.717) is 6.54 Å². The van der Waals surface area contributed by atoms with Crippen LogP contribution in [0.2, 0.25) is 0 Å². The lowest BCUT2D eigenvalue weighted by Gasteiger charge is -2.23. The van der Waals surface area contributed by atoms with Gasteiger partial charge >= 0.3 is 6.18 Å². The lowest BCUT2D eigenvalue weighted by molar-refractivity contribution is -0.137. The highest BCUT2D eigenvalue weighted by Gasteiger charge is 2.30. The normalized spacial score (nSPS) is 13.3. The minimum absolute atomic E-state index is 0.0917. The number of likely N-dealkylation sites (N-methyl/N-ethyl adjacent to an activating group) is 1. The van der Waals surface area contributed by atoms with Crippen molar-refractivity contribution < 1.29 is 23.1 Å². The van der Waals surface area contributed by atoms with Gasteiger partial charge in [0.25, 0.3) is 0 Å². The Bertz CT molecular complexity index is 463. The molecule has 1 rings (SSSR count). The first-order valence-corrected chi connectivity index (χ1v) is 6.05. The van der Waals surface area contributed by atoms with Crippen LogP contribution in [0.4, 0.5) is 18.9 Å². The number of aliphatic hydroxyl groups excluding tert-OH is 1. The van der Waals surface area contributed by atoms with Gasteiger partial charge in [0.1, 0.15) is 0 Å². The molecule has 1 unspecified atom stereocenters. The number of aliphatic hydroxyl groups is 1. The third-order valence-corrected chi connectivity index (χ3v) is 2.95. The van der Waals surface area contributed by atoms with Gasteiger partial charge in [-0.2, -0.15) is 13.2 Å². The van der Waals surface area contributed by atoms with Gasteiger partial charge in [-0.15, -0.1) is 0 Å². The van der Waals surface area contributed by atoms with Crippen LogP contribution in [0.25, 0.3) is 0 Å². The molecular formula is C13H17F3N2O2. The number of amides is 1. The molecule has 0 fully saturated rings. The number of hydrogen-bond acceptors (Lipinski definition) is 3. The standard InChI is InChI=1S/C13H17F3N2O2/c1-9(18(2)6-7-19)12(20)17-11-5-3-4-10(8-11)13(14,15)16/h3-5,8-9,19H,6-7H2,1-2H3,(H,17,20). The molecular weight excluding hydrogens is 273 g/mol. The number of benzene rings is 1. The first-order chi connectivity index (χ1) is 9.25. The van der Waals surface area contributed by atoms with E-state index in [0.717, 1.165) is 12.1 Å². The highest BCUT2D eigenvalue weighted by Crippen LogP contribution is 2.30. The lowest BCUT2D eigenvalue weighted by Crippen LogP contribution is -2.40. The van der Waals surface area contributed by atoms with Crippen LogP contribution < -0.4 is 5.32 Å². The molecule has 4 nitrogen and oxygen atoms in total. The number of carbonyl (C=O) groups is 1. The second-order valence-electron chi connectivity index (χ2n) is 4.45. The molecule has 1 amide bonds. The van der Waals surface area contributed by atoms with Crippen molar-refractivity contribution in [3.8, 4) is 0 Å². The maximum atomic E-state index is 12.5. The molecule has 0 aliphatic carbocycles. The summed E-state index contributed by atoms with van der Waals surface area (Å²) < 4.78 is 37.6. The fourth-order valence-corrected chi connectivity index (χ4v) is 1.57. The summed E-state index contributed by atoms with van der Waals surface area (Å²) in [5.74, 6) is -0.430. The quantitative estimate of drug-likeness (QED) is 0.871. The summed E-state index contributed by atoms with van der Waals surface area (Å²) >= 11 is 0. The maximum Gasteiger partial charge on any atom is 0.416 e. The van der Waals surface area contributed by atoms with Gasteiger partial charge in [-0.25, -0.2) is 0 Å². The molecule has 2 N–H and O–H groups in total. The Morgan fingerprint density at radius 2 is 2.10 bits per heavy atom. The van der Waals surface area contributed by atoms with Crippen molar-refractivity contribution in [1.29, 1.82) is 0 Å². The lowest BCUT2D eigenvalue weighted by atomic mass is 10.2. The van der Waals surface area contributed by atoms with E-state index in [1.165, 1.54) is 12.1 Å². The summed E-state index contributed by atoms with van der Waals surface area (Å²) in [6, 6.07) is 3.90. The van der Waals surface area contributed by atoms with Crippen LogP contribution in [0, 0.1) is 0 Å². The topological polar surface area (TPSA) is 52.6 Å². The van der Waals surface area contributed by atoms with E-state index in [1.807, 2.05) is 0 Å². The summed E-state index contributed by atoms with van der Waals surface area (Å²) in [6.07, 6.45) is -4.44. The Morgan fingerprint density at radius 3 is 2.65 bits per heavy atom. The fraction of sp³-hybridized carbons (Fsp3) is 0.462. The number of nitrogens with one attached hydrogen (secondary N) is 1. The third kappa shape index (κ3) is 4.50. The molecule has 0 radical (unpaired) electrons. The average Bonchev–Trinajstić information content (AvgIpc) is 2.37. The Labute approximate surface area is 115 Å². The highest BCUT2D eigenvalue weighted by atomic mass is 19.4. The van der Waals surface area contributed by atoms with Crippen LogP contribution in [-0.2, 0) is 11.0 Å². The van der Waals surface area contributed by atoms with E-state index in [4.69, 9.17) is 5.11 Å². The predicted molar refractivity (Wildman–Crippen MR) is 69.3 cm³/mol. The van der Waals surface area contributed by atoms with Gasteiger partial charge in [0.2, 0.25) is 5.91 Å². The van der Waals surface area contributed by atoms with Crippen molar-refractivity contribution in [1.82, 2.24) is 4.90 Å². The smallest absolute Gasteiger partial charge is 0.395 e. The molecule has 0 bridgehead atoms. The van der Waals surface area contributed by atoms with E-state index in [-0.39, 0.29) is 12.3 Å². The fourth-order valence-electron chi connectivity index (χ4n) is 1.57. The molecule has 0 aromatic heterocycles. The zero-order chi connectivity index (χ0) is 15.3. The third-order valence-electron chi connectivity index (χ3n) is 2.95. The summed E-state index contributed by atoms with van der Waals surface area (Å²) in [4.78, 5) is 13.5. The number of hydrogen-bond donors (Lipinski definition) is 2. The first kappa shape index (κ1) is 16.5. The first-order valence-electron chi connectivity index (χ1n) is 6.05. The molecule has 0 aliphatic heterocycles. The largest absolute Gasteiger partial charge is 0.416 e. The SMILES string of the molecule is CC(C(=O)Nc1cccc(C(F)(F)F)c1)N(C)CCO. The number of anilines is 1. The second kappa shape index (κ2) is 6.71. The van der Waals surface area contributed by atoms with Gasteiger partial charge in [0.15, 0.2) is 0 Å². The van der Waals surface area contributed by atoms with Crippen LogP contribution in [0.15, 0.2) is 24.3 Å². The highest BCUT2D eigenvalue weighted by molar-refractivity contribution is 5.94. The molecule has 7 heteroatoms. The van der Waals surface area contributed by atoms with Crippen LogP contribution in [0.1, 0.15) is 12.5 Å². The molecule has 1 aromatic carbocycles. The van der Waals surface area contributed by atoms with Crippen LogP contribution in [0.5, 0.6) is 0 Å². The number of rotatable bonds is 5. The van der Waals surface area contributed by atoms with Crippen molar-refractivity contribution >= 4 is 11.6 Å². The zero-order valence-corrected chi connectivity index (χ0v) is 11.2. The Kier molecular flexibility index (Phi) is 5.52. The molecule has 1 aromatic rings. The maximum absolute atomic E-state index is 12.5. The molecule has 0 spiro atoms. The van der Waals surface area contributed by atoms with Gasteiger partial charge in [-0.1, -0.05) is 6.07 Å². The van der Waals surface area contributed by atoms with Crippen LogP contribution in [0.3, 0.4) is 0 Å². The Balaban J connectivity index is 2.76. The molecule has 0 heterocycles. The van der Waals surface area contributed by atoms with Gasteiger partial charge in [0, 0.05) is 12.2 Å². The van der Waals surface area contributed by atoms with E-state index in [2.05, 4.69) is 5.32 Å². The van der Waals surface area contributed by atoms with Gasteiger partial charge < -0.3 is 10.4 Å². The number of nitrogens with zero attached hydrogens (tertiary/aromatic N) is 1. The van der Waals surface area contributed by atoms with Crippen molar-refractivity contribution in [2.24, 2.45) is 0 Å². The van der Waals surface area contributed by atoms with Crippen molar-refractivity contribution in [3.05, 3.63) is 29.8 Å². The van der Waals surface area contributed by atoms with Crippen molar-refractivity contribution in [2.45, 2.75) is 19.1 Å². The van der Waals surface area contributed by atoms with Gasteiger partial charge in [0.05, 0.1) is 18.2 Å².